The van der Waals surface area contributed by atoms with Gasteiger partial charge in [-0.3, -0.25) is 4.90 Å². The lowest BCUT2D eigenvalue weighted by Gasteiger charge is -2.47. The topological polar surface area (TPSA) is 29.3 Å². The predicted octanol–water partition coefficient (Wildman–Crippen LogP) is 3.09. The normalized spacial score (nSPS) is 27.8. The van der Waals surface area contributed by atoms with Crippen LogP contribution in [-0.4, -0.2) is 24.0 Å². The van der Waals surface area contributed by atoms with Gasteiger partial charge in [0.15, 0.2) is 0 Å². The first-order valence-corrected chi connectivity index (χ1v) is 7.33. The number of nitrogens with zero attached hydrogens (tertiary/aromatic N) is 1. The molecule has 0 aliphatic heterocycles. The first kappa shape index (κ1) is 13.1. The van der Waals surface area contributed by atoms with Crippen molar-refractivity contribution in [1.82, 2.24) is 4.90 Å². The van der Waals surface area contributed by atoms with Crippen LogP contribution in [0.2, 0.25) is 0 Å². The van der Waals surface area contributed by atoms with Crippen LogP contribution in [0.25, 0.3) is 0 Å². The number of thiophene rings is 1. The molecule has 2 N–H and O–H groups in total. The van der Waals surface area contributed by atoms with E-state index in [-0.39, 0.29) is 5.54 Å². The summed E-state index contributed by atoms with van der Waals surface area (Å²) in [4.78, 5) is 3.93. The Balaban J connectivity index is 2.18. The van der Waals surface area contributed by atoms with Gasteiger partial charge in [-0.05, 0) is 36.8 Å². The van der Waals surface area contributed by atoms with E-state index in [1.54, 1.807) is 0 Å². The second-order valence-electron chi connectivity index (χ2n) is 5.91. The minimum Gasteiger partial charge on any atom is -0.329 e. The van der Waals surface area contributed by atoms with Gasteiger partial charge in [-0.1, -0.05) is 26.3 Å². The summed E-state index contributed by atoms with van der Waals surface area (Å²) in [5.74, 6) is 0. The number of hydrogen-bond donors (Lipinski definition) is 1. The molecule has 1 unspecified atom stereocenters. The van der Waals surface area contributed by atoms with Gasteiger partial charge in [0.25, 0.3) is 0 Å². The molecule has 0 bridgehead atoms. The molecule has 0 aromatic carbocycles. The van der Waals surface area contributed by atoms with Gasteiger partial charge in [0.2, 0.25) is 0 Å². The fourth-order valence-electron chi connectivity index (χ4n) is 3.42. The van der Waals surface area contributed by atoms with Crippen molar-refractivity contribution in [1.29, 1.82) is 0 Å². The maximum Gasteiger partial charge on any atom is 0.0383 e. The van der Waals surface area contributed by atoms with Gasteiger partial charge in [-0.15, -0.1) is 11.3 Å². The highest BCUT2D eigenvalue weighted by Gasteiger charge is 2.50. The van der Waals surface area contributed by atoms with Crippen molar-refractivity contribution in [3.8, 4) is 0 Å². The van der Waals surface area contributed by atoms with E-state index in [9.17, 15) is 0 Å². The van der Waals surface area contributed by atoms with Crippen LogP contribution in [0, 0.1) is 5.41 Å². The Morgan fingerprint density at radius 2 is 2.18 bits per heavy atom. The first-order chi connectivity index (χ1) is 8.02. The van der Waals surface area contributed by atoms with Crippen molar-refractivity contribution in [3.63, 3.8) is 0 Å². The van der Waals surface area contributed by atoms with Gasteiger partial charge in [-0.25, -0.2) is 0 Å². The lowest BCUT2D eigenvalue weighted by molar-refractivity contribution is 0.0283. The smallest absolute Gasteiger partial charge is 0.0383 e. The predicted molar refractivity (Wildman–Crippen MR) is 75.2 cm³/mol. The Hall–Kier alpha value is -0.380. The van der Waals surface area contributed by atoms with E-state index in [2.05, 4.69) is 43.3 Å². The zero-order chi connectivity index (χ0) is 12.5. The molecule has 1 aliphatic rings. The van der Waals surface area contributed by atoms with Crippen molar-refractivity contribution < 1.29 is 0 Å². The highest BCUT2D eigenvalue weighted by atomic mass is 32.1. The summed E-state index contributed by atoms with van der Waals surface area (Å²) in [7, 11) is 2.24. The summed E-state index contributed by atoms with van der Waals surface area (Å²) < 4.78 is 0. The van der Waals surface area contributed by atoms with Gasteiger partial charge >= 0.3 is 0 Å². The number of nitrogens with two attached hydrogens (primary N) is 1. The third kappa shape index (κ3) is 2.16. The van der Waals surface area contributed by atoms with Crippen molar-refractivity contribution >= 4 is 11.3 Å². The lowest BCUT2D eigenvalue weighted by Crippen LogP contribution is -2.57. The third-order valence-electron chi connectivity index (χ3n) is 4.69. The Bertz CT molecular complexity index is 358. The minimum atomic E-state index is 0.178. The molecule has 0 amide bonds. The van der Waals surface area contributed by atoms with E-state index in [4.69, 9.17) is 5.73 Å². The summed E-state index contributed by atoms with van der Waals surface area (Å²) in [5.41, 5.74) is 6.64. The van der Waals surface area contributed by atoms with Crippen LogP contribution >= 0.6 is 11.3 Å². The summed E-state index contributed by atoms with van der Waals surface area (Å²) in [6.07, 6.45) is 3.83. The van der Waals surface area contributed by atoms with Gasteiger partial charge in [0.05, 0.1) is 0 Å². The van der Waals surface area contributed by atoms with E-state index in [1.807, 2.05) is 11.3 Å². The molecule has 2 nitrogen and oxygen atoms in total. The molecule has 0 saturated heterocycles. The summed E-state index contributed by atoms with van der Waals surface area (Å²) in [6.45, 7) is 6.54. The number of likely N-dealkylation sites (N-methyl/N-ethyl adjacent to an activating group) is 1. The van der Waals surface area contributed by atoms with Crippen LogP contribution in [0.15, 0.2) is 17.5 Å². The molecule has 1 aliphatic carbocycles. The fraction of sp³-hybridized carbons (Fsp3) is 0.714. The van der Waals surface area contributed by atoms with Crippen molar-refractivity contribution in [2.75, 3.05) is 13.6 Å². The standard InChI is InChI=1S/C14H24N2S/c1-13(2)7-5-8-14(13,11-15)16(3)10-12-6-4-9-17-12/h4,6,9H,5,7-8,10-11,15H2,1-3H3. The highest BCUT2D eigenvalue weighted by Crippen LogP contribution is 2.49. The minimum absolute atomic E-state index is 0.178. The monoisotopic (exact) mass is 252 g/mol. The summed E-state index contributed by atoms with van der Waals surface area (Å²) >= 11 is 1.84. The highest BCUT2D eigenvalue weighted by molar-refractivity contribution is 7.09. The van der Waals surface area contributed by atoms with E-state index in [1.165, 1.54) is 24.1 Å². The average Bonchev–Trinajstić information content (AvgIpc) is 2.85. The fourth-order valence-corrected chi connectivity index (χ4v) is 4.18. The van der Waals surface area contributed by atoms with Crippen LogP contribution in [-0.2, 0) is 6.54 Å². The molecule has 2 rings (SSSR count). The van der Waals surface area contributed by atoms with E-state index >= 15 is 0 Å². The van der Waals surface area contributed by atoms with E-state index in [0.29, 0.717) is 5.41 Å². The van der Waals surface area contributed by atoms with Gasteiger partial charge < -0.3 is 5.73 Å². The maximum atomic E-state index is 6.14. The maximum absolute atomic E-state index is 6.14. The molecule has 1 fully saturated rings. The number of hydrogen-bond acceptors (Lipinski definition) is 3. The van der Waals surface area contributed by atoms with E-state index < -0.39 is 0 Å². The molecule has 96 valence electrons. The summed E-state index contributed by atoms with van der Waals surface area (Å²) in [5, 5.41) is 2.15. The Morgan fingerprint density at radius 1 is 1.41 bits per heavy atom. The van der Waals surface area contributed by atoms with Crippen LogP contribution in [0.4, 0.5) is 0 Å². The van der Waals surface area contributed by atoms with Crippen LogP contribution in [0.3, 0.4) is 0 Å². The van der Waals surface area contributed by atoms with Gasteiger partial charge in [-0.2, -0.15) is 0 Å². The van der Waals surface area contributed by atoms with Crippen LogP contribution < -0.4 is 5.73 Å². The van der Waals surface area contributed by atoms with E-state index in [0.717, 1.165) is 13.1 Å². The molecular formula is C14H24N2S. The summed E-state index contributed by atoms with van der Waals surface area (Å²) in [6, 6.07) is 4.34. The van der Waals surface area contributed by atoms with Crippen molar-refractivity contribution in [3.05, 3.63) is 22.4 Å². The zero-order valence-corrected chi connectivity index (χ0v) is 12.0. The molecule has 0 spiro atoms. The molecule has 3 heteroatoms. The van der Waals surface area contributed by atoms with Crippen molar-refractivity contribution in [2.24, 2.45) is 11.1 Å². The van der Waals surface area contributed by atoms with Crippen LogP contribution in [0.1, 0.15) is 38.0 Å². The van der Waals surface area contributed by atoms with Gasteiger partial charge in [0.1, 0.15) is 0 Å². The average molecular weight is 252 g/mol. The second-order valence-corrected chi connectivity index (χ2v) is 6.94. The lowest BCUT2D eigenvalue weighted by atomic mass is 9.74. The molecular weight excluding hydrogens is 228 g/mol. The SMILES string of the molecule is CN(Cc1cccs1)C1(CN)CCCC1(C)C. The first-order valence-electron chi connectivity index (χ1n) is 6.45. The Labute approximate surface area is 109 Å². The van der Waals surface area contributed by atoms with Crippen molar-refractivity contribution in [2.45, 2.75) is 45.2 Å². The quantitative estimate of drug-likeness (QED) is 0.892. The number of rotatable bonds is 4. The molecule has 0 radical (unpaired) electrons. The zero-order valence-electron chi connectivity index (χ0n) is 11.2. The largest absolute Gasteiger partial charge is 0.329 e. The third-order valence-corrected chi connectivity index (χ3v) is 5.55. The molecule has 1 saturated carbocycles. The molecule has 1 heterocycles. The van der Waals surface area contributed by atoms with Crippen LogP contribution in [0.5, 0.6) is 0 Å². The molecule has 17 heavy (non-hydrogen) atoms. The molecule has 1 aromatic rings. The molecule has 1 atom stereocenters. The van der Waals surface area contributed by atoms with Gasteiger partial charge in [0, 0.05) is 23.5 Å². The Kier molecular flexibility index (Phi) is 3.62. The molecule has 1 aromatic heterocycles. The Morgan fingerprint density at radius 3 is 2.65 bits per heavy atom. The second kappa shape index (κ2) is 4.71.